The fraction of sp³-hybridized carbons (Fsp3) is 0.346. The van der Waals surface area contributed by atoms with Gasteiger partial charge in [0.2, 0.25) is 0 Å². The number of esters is 2. The van der Waals surface area contributed by atoms with Crippen molar-refractivity contribution >= 4 is 28.7 Å². The second-order valence-electron chi connectivity index (χ2n) is 7.94. The summed E-state index contributed by atoms with van der Waals surface area (Å²) in [6, 6.07) is 15.3. The molecule has 180 valence electrons. The molecule has 0 aliphatic rings. The molecule has 1 atom stereocenters. The average molecular weight is 466 g/mol. The van der Waals surface area contributed by atoms with E-state index in [0.29, 0.717) is 17.4 Å². The molecule has 0 saturated heterocycles. The van der Waals surface area contributed by atoms with Gasteiger partial charge in [-0.25, -0.2) is 0 Å². The van der Waals surface area contributed by atoms with Gasteiger partial charge in [0.15, 0.2) is 5.75 Å². The number of carbonyl (C=O) groups excluding carboxylic acids is 3. The van der Waals surface area contributed by atoms with Crippen LogP contribution in [0.1, 0.15) is 38.2 Å². The summed E-state index contributed by atoms with van der Waals surface area (Å²) in [4.78, 5) is 41.9. The first-order valence-corrected chi connectivity index (χ1v) is 11.4. The zero-order valence-corrected chi connectivity index (χ0v) is 20.0. The van der Waals surface area contributed by atoms with E-state index in [9.17, 15) is 14.4 Å². The molecular formula is C26H31N3O5. The third-order valence-corrected chi connectivity index (χ3v) is 5.52. The summed E-state index contributed by atoms with van der Waals surface area (Å²) in [6.07, 6.45) is -0.511. The van der Waals surface area contributed by atoms with Gasteiger partial charge in [0, 0.05) is 20.4 Å². The highest BCUT2D eigenvalue weighted by molar-refractivity contribution is 6.09. The van der Waals surface area contributed by atoms with E-state index in [2.05, 4.69) is 15.2 Å². The number of amides is 1. The number of nitrogens with zero attached hydrogens (tertiary/aromatic N) is 1. The molecule has 8 nitrogen and oxygen atoms in total. The molecule has 8 heteroatoms. The summed E-state index contributed by atoms with van der Waals surface area (Å²) in [5.41, 5.74) is 2.58. The van der Waals surface area contributed by atoms with Crippen LogP contribution in [0.5, 0.6) is 5.75 Å². The van der Waals surface area contributed by atoms with Gasteiger partial charge in [-0.05, 0) is 30.3 Å². The molecule has 1 amide bonds. The highest BCUT2D eigenvalue weighted by atomic mass is 16.5. The van der Waals surface area contributed by atoms with Crippen LogP contribution in [0.4, 0.5) is 0 Å². The van der Waals surface area contributed by atoms with Gasteiger partial charge < -0.3 is 24.7 Å². The van der Waals surface area contributed by atoms with Gasteiger partial charge in [0.05, 0.1) is 17.4 Å². The number of hydrogen-bond acceptors (Lipinski definition) is 6. The molecule has 0 aliphatic heterocycles. The van der Waals surface area contributed by atoms with Crippen molar-refractivity contribution in [2.75, 3.05) is 26.2 Å². The Hall–Kier alpha value is -3.65. The minimum absolute atomic E-state index is 0.120. The lowest BCUT2D eigenvalue weighted by Gasteiger charge is -2.25. The predicted molar refractivity (Wildman–Crippen MR) is 131 cm³/mol. The van der Waals surface area contributed by atoms with Gasteiger partial charge in [-0.15, -0.1) is 0 Å². The van der Waals surface area contributed by atoms with Crippen molar-refractivity contribution in [2.45, 2.75) is 33.8 Å². The standard InChI is InChI=1S/C26H31N3O5/c1-5-29(6-2)16-20(33-17(3)30)15-27-26(32)24-25(34-18(4)31)23-21(13-10-14-22(23)28-24)19-11-8-7-9-12-19/h7-14,20,28H,5-6,15-16H2,1-4H3,(H,27,32). The largest absolute Gasteiger partial charge is 0.459 e. The van der Waals surface area contributed by atoms with Crippen molar-refractivity contribution < 1.29 is 23.9 Å². The van der Waals surface area contributed by atoms with Crippen molar-refractivity contribution in [3.8, 4) is 16.9 Å². The molecule has 0 aliphatic carbocycles. The summed E-state index contributed by atoms with van der Waals surface area (Å²) in [5.74, 6) is -1.22. The molecule has 0 radical (unpaired) electrons. The summed E-state index contributed by atoms with van der Waals surface area (Å²) in [6.45, 7) is 8.89. The maximum absolute atomic E-state index is 13.2. The van der Waals surface area contributed by atoms with Crippen molar-refractivity contribution in [2.24, 2.45) is 0 Å². The first-order valence-electron chi connectivity index (χ1n) is 11.4. The topological polar surface area (TPSA) is 101 Å². The zero-order valence-electron chi connectivity index (χ0n) is 20.0. The lowest BCUT2D eigenvalue weighted by molar-refractivity contribution is -0.147. The molecule has 2 N–H and O–H groups in total. The number of nitrogens with one attached hydrogen (secondary N) is 2. The number of aromatic nitrogens is 1. The van der Waals surface area contributed by atoms with Gasteiger partial charge in [-0.2, -0.15) is 0 Å². The van der Waals surface area contributed by atoms with E-state index in [4.69, 9.17) is 9.47 Å². The number of carbonyl (C=O) groups is 3. The number of ether oxygens (including phenoxy) is 2. The Bertz CT molecular complexity index is 1150. The Morgan fingerprint density at radius 3 is 2.29 bits per heavy atom. The average Bonchev–Trinajstić information content (AvgIpc) is 3.18. The molecule has 1 aromatic heterocycles. The van der Waals surface area contributed by atoms with E-state index in [1.165, 1.54) is 13.8 Å². The lowest BCUT2D eigenvalue weighted by atomic mass is 10.0. The zero-order chi connectivity index (χ0) is 24.7. The lowest BCUT2D eigenvalue weighted by Crippen LogP contribution is -2.42. The van der Waals surface area contributed by atoms with Crippen molar-refractivity contribution in [3.05, 3.63) is 54.2 Å². The van der Waals surface area contributed by atoms with Crippen LogP contribution in [0.15, 0.2) is 48.5 Å². The van der Waals surface area contributed by atoms with E-state index in [-0.39, 0.29) is 18.0 Å². The second-order valence-corrected chi connectivity index (χ2v) is 7.94. The van der Waals surface area contributed by atoms with Crippen molar-refractivity contribution in [1.82, 2.24) is 15.2 Å². The molecule has 0 spiro atoms. The first kappa shape index (κ1) is 25.0. The number of likely N-dealkylation sites (N-methyl/N-ethyl adjacent to an activating group) is 1. The fourth-order valence-corrected chi connectivity index (χ4v) is 3.92. The smallest absolute Gasteiger partial charge is 0.308 e. The number of benzene rings is 2. The van der Waals surface area contributed by atoms with Crippen LogP contribution in [0.25, 0.3) is 22.0 Å². The summed E-state index contributed by atoms with van der Waals surface area (Å²) < 4.78 is 10.9. The van der Waals surface area contributed by atoms with E-state index < -0.39 is 23.9 Å². The maximum Gasteiger partial charge on any atom is 0.308 e. The second kappa shape index (κ2) is 11.5. The third-order valence-electron chi connectivity index (χ3n) is 5.52. The number of H-pyrrole nitrogens is 1. The van der Waals surface area contributed by atoms with Crippen LogP contribution in [-0.2, 0) is 14.3 Å². The van der Waals surface area contributed by atoms with E-state index >= 15 is 0 Å². The molecule has 2 aromatic carbocycles. The van der Waals surface area contributed by atoms with E-state index in [0.717, 1.165) is 24.2 Å². The predicted octanol–water partition coefficient (Wildman–Crippen LogP) is 3.76. The van der Waals surface area contributed by atoms with E-state index in [1.54, 1.807) is 0 Å². The third kappa shape index (κ3) is 6.02. The van der Waals surface area contributed by atoms with Crippen LogP contribution in [0.2, 0.25) is 0 Å². The molecule has 3 aromatic rings. The monoisotopic (exact) mass is 465 g/mol. The van der Waals surface area contributed by atoms with Gasteiger partial charge in [0.25, 0.3) is 5.91 Å². The molecule has 1 heterocycles. The van der Waals surface area contributed by atoms with Crippen LogP contribution in [0, 0.1) is 0 Å². The summed E-state index contributed by atoms with van der Waals surface area (Å²) in [7, 11) is 0. The van der Waals surface area contributed by atoms with Crippen LogP contribution >= 0.6 is 0 Å². The molecule has 0 bridgehead atoms. The Morgan fingerprint density at radius 2 is 1.68 bits per heavy atom. The van der Waals surface area contributed by atoms with Gasteiger partial charge in [-0.3, -0.25) is 14.4 Å². The van der Waals surface area contributed by atoms with Crippen LogP contribution in [0.3, 0.4) is 0 Å². The summed E-state index contributed by atoms with van der Waals surface area (Å²) in [5, 5.41) is 3.47. The number of fused-ring (bicyclic) bond motifs is 1. The van der Waals surface area contributed by atoms with Gasteiger partial charge >= 0.3 is 11.9 Å². The van der Waals surface area contributed by atoms with Gasteiger partial charge in [0.1, 0.15) is 11.8 Å². The Labute approximate surface area is 199 Å². The fourth-order valence-electron chi connectivity index (χ4n) is 3.92. The maximum atomic E-state index is 13.2. The van der Waals surface area contributed by atoms with Gasteiger partial charge in [-0.1, -0.05) is 56.3 Å². The minimum Gasteiger partial charge on any atom is -0.459 e. The number of hydrogen-bond donors (Lipinski definition) is 2. The first-order chi connectivity index (χ1) is 16.3. The van der Waals surface area contributed by atoms with Crippen LogP contribution in [-0.4, -0.2) is 60.0 Å². The highest BCUT2D eigenvalue weighted by Gasteiger charge is 2.24. The van der Waals surface area contributed by atoms with Crippen molar-refractivity contribution in [3.63, 3.8) is 0 Å². The Kier molecular flexibility index (Phi) is 8.43. The molecule has 1 unspecified atom stereocenters. The molecule has 3 rings (SSSR count). The van der Waals surface area contributed by atoms with Crippen LogP contribution < -0.4 is 10.1 Å². The Balaban J connectivity index is 1.94. The van der Waals surface area contributed by atoms with E-state index in [1.807, 2.05) is 62.4 Å². The quantitative estimate of drug-likeness (QED) is 0.442. The normalized spacial score (nSPS) is 11.9. The molecule has 0 saturated carbocycles. The molecule has 34 heavy (non-hydrogen) atoms. The summed E-state index contributed by atoms with van der Waals surface area (Å²) >= 11 is 0. The minimum atomic E-state index is -0.530. The number of aromatic amines is 1. The molecule has 0 fully saturated rings. The highest BCUT2D eigenvalue weighted by Crippen LogP contribution is 2.38. The number of rotatable bonds is 10. The Morgan fingerprint density at radius 1 is 0.971 bits per heavy atom. The molecular weight excluding hydrogens is 434 g/mol. The van der Waals surface area contributed by atoms with Crippen molar-refractivity contribution in [1.29, 1.82) is 0 Å². The SMILES string of the molecule is CCN(CC)CC(CNC(=O)c1[nH]c2cccc(-c3ccccc3)c2c1OC(C)=O)OC(C)=O.